The number of ether oxygens (including phenoxy) is 1. The number of nitrogens with zero attached hydrogens (tertiary/aromatic N) is 4. The van der Waals surface area contributed by atoms with Crippen molar-refractivity contribution >= 4 is 17.5 Å². The molecule has 0 aliphatic heterocycles. The van der Waals surface area contributed by atoms with E-state index in [1.54, 1.807) is 16.9 Å². The molecule has 0 saturated carbocycles. The Hall–Kier alpha value is -3.22. The third-order valence-electron chi connectivity index (χ3n) is 4.22. The quantitative estimate of drug-likeness (QED) is 0.695. The zero-order valence-electron chi connectivity index (χ0n) is 16.2. The predicted octanol–water partition coefficient (Wildman–Crippen LogP) is 3.68. The van der Waals surface area contributed by atoms with Gasteiger partial charge in [-0.05, 0) is 39.3 Å². The number of nitrogens with one attached hydrogen (secondary N) is 1. The van der Waals surface area contributed by atoms with Crippen molar-refractivity contribution < 1.29 is 9.53 Å². The van der Waals surface area contributed by atoms with Crippen LogP contribution in [0.2, 0.25) is 0 Å². The Balaban J connectivity index is 2.10. The Labute approximate surface area is 158 Å². The van der Waals surface area contributed by atoms with Crippen LogP contribution >= 0.6 is 0 Å². The molecule has 0 fully saturated rings. The van der Waals surface area contributed by atoms with Gasteiger partial charge in [0.1, 0.15) is 5.82 Å². The van der Waals surface area contributed by atoms with Gasteiger partial charge in [0.15, 0.2) is 5.82 Å². The second-order valence-corrected chi connectivity index (χ2v) is 6.37. The fourth-order valence-electron chi connectivity index (χ4n) is 2.76. The summed E-state index contributed by atoms with van der Waals surface area (Å²) in [5, 5.41) is 7.96. The molecule has 7 heteroatoms. The van der Waals surface area contributed by atoms with E-state index < -0.39 is 5.97 Å². The van der Waals surface area contributed by atoms with E-state index in [0.29, 0.717) is 22.9 Å². The van der Waals surface area contributed by atoms with E-state index in [2.05, 4.69) is 20.4 Å². The van der Waals surface area contributed by atoms with Crippen molar-refractivity contribution in [2.24, 2.45) is 0 Å². The number of hydrogen-bond acceptors (Lipinski definition) is 6. The fraction of sp³-hybridized carbons (Fsp3) is 0.300. The standard InChI is InChI=1S/C20H23N5O2/c1-6-15-10-18(25(24-15)19-14(4)21-11-13(3)22-19)23-17-8-7-12(2)9-16(17)20(26)27-5/h7-11,23H,6H2,1-5H3. The summed E-state index contributed by atoms with van der Waals surface area (Å²) in [4.78, 5) is 21.2. The van der Waals surface area contributed by atoms with Crippen molar-refractivity contribution in [1.82, 2.24) is 19.7 Å². The second kappa shape index (κ2) is 7.57. The van der Waals surface area contributed by atoms with Gasteiger partial charge in [-0.25, -0.2) is 9.78 Å². The summed E-state index contributed by atoms with van der Waals surface area (Å²) in [6, 6.07) is 7.55. The molecule has 1 aromatic carbocycles. The van der Waals surface area contributed by atoms with Crippen LogP contribution < -0.4 is 5.32 Å². The second-order valence-electron chi connectivity index (χ2n) is 6.37. The number of hydrogen-bond donors (Lipinski definition) is 1. The third-order valence-corrected chi connectivity index (χ3v) is 4.22. The minimum absolute atomic E-state index is 0.394. The summed E-state index contributed by atoms with van der Waals surface area (Å²) < 4.78 is 6.65. The number of rotatable bonds is 5. The maximum Gasteiger partial charge on any atom is 0.339 e. The van der Waals surface area contributed by atoms with Crippen LogP contribution in [-0.4, -0.2) is 32.8 Å². The molecule has 0 unspecified atom stereocenters. The summed E-state index contributed by atoms with van der Waals surface area (Å²) in [7, 11) is 1.37. The predicted molar refractivity (Wildman–Crippen MR) is 104 cm³/mol. The van der Waals surface area contributed by atoms with Crippen LogP contribution in [0, 0.1) is 20.8 Å². The molecule has 0 spiro atoms. The zero-order valence-corrected chi connectivity index (χ0v) is 16.2. The van der Waals surface area contributed by atoms with Gasteiger partial charge >= 0.3 is 5.97 Å². The molecule has 140 valence electrons. The van der Waals surface area contributed by atoms with Crippen LogP contribution in [0.15, 0.2) is 30.5 Å². The lowest BCUT2D eigenvalue weighted by molar-refractivity contribution is 0.0602. The highest BCUT2D eigenvalue weighted by Crippen LogP contribution is 2.26. The maximum absolute atomic E-state index is 12.2. The first-order valence-corrected chi connectivity index (χ1v) is 8.78. The van der Waals surface area contributed by atoms with E-state index in [9.17, 15) is 4.79 Å². The topological polar surface area (TPSA) is 81.9 Å². The number of carbonyl (C=O) groups excluding carboxylic acids is 1. The van der Waals surface area contributed by atoms with Crippen molar-refractivity contribution in [2.45, 2.75) is 34.1 Å². The molecule has 0 atom stereocenters. The van der Waals surface area contributed by atoms with Crippen molar-refractivity contribution in [3.05, 3.63) is 58.7 Å². The van der Waals surface area contributed by atoms with Gasteiger partial charge in [0, 0.05) is 12.3 Å². The van der Waals surface area contributed by atoms with Gasteiger partial charge in [0.2, 0.25) is 0 Å². The highest BCUT2D eigenvalue weighted by atomic mass is 16.5. The van der Waals surface area contributed by atoms with Gasteiger partial charge in [-0.1, -0.05) is 18.6 Å². The number of aryl methyl sites for hydroxylation is 4. The SMILES string of the molecule is CCc1cc(Nc2ccc(C)cc2C(=O)OC)n(-c2nc(C)cnc2C)n1. The molecular formula is C20H23N5O2. The Bertz CT molecular complexity index is 994. The van der Waals surface area contributed by atoms with E-state index in [1.165, 1.54) is 7.11 Å². The summed E-state index contributed by atoms with van der Waals surface area (Å²) in [5.41, 5.74) is 4.58. The van der Waals surface area contributed by atoms with Gasteiger partial charge < -0.3 is 10.1 Å². The lowest BCUT2D eigenvalue weighted by Gasteiger charge is -2.14. The summed E-state index contributed by atoms with van der Waals surface area (Å²) in [5.74, 6) is 0.974. The number of esters is 1. The Morgan fingerprint density at radius 3 is 2.70 bits per heavy atom. The van der Waals surface area contributed by atoms with Crippen molar-refractivity contribution in [3.8, 4) is 5.82 Å². The number of anilines is 2. The maximum atomic E-state index is 12.2. The molecule has 0 aliphatic rings. The number of aromatic nitrogens is 4. The molecule has 0 aliphatic carbocycles. The Morgan fingerprint density at radius 1 is 1.22 bits per heavy atom. The third kappa shape index (κ3) is 3.81. The molecular weight excluding hydrogens is 342 g/mol. The molecule has 3 rings (SSSR count). The molecule has 2 aromatic heterocycles. The van der Waals surface area contributed by atoms with Gasteiger partial charge in [-0.2, -0.15) is 9.78 Å². The largest absolute Gasteiger partial charge is 0.465 e. The van der Waals surface area contributed by atoms with Gasteiger partial charge in [0.25, 0.3) is 0 Å². The number of methoxy groups -OCH3 is 1. The van der Waals surface area contributed by atoms with Crippen LogP contribution in [-0.2, 0) is 11.2 Å². The summed E-state index contributed by atoms with van der Waals surface area (Å²) in [6.07, 6.45) is 2.50. The van der Waals surface area contributed by atoms with Crippen LogP contribution in [0.1, 0.15) is 39.9 Å². The van der Waals surface area contributed by atoms with Crippen molar-refractivity contribution in [3.63, 3.8) is 0 Å². The first kappa shape index (κ1) is 18.6. The van der Waals surface area contributed by atoms with Crippen LogP contribution in [0.25, 0.3) is 5.82 Å². The Morgan fingerprint density at radius 2 is 2.00 bits per heavy atom. The van der Waals surface area contributed by atoms with Gasteiger partial charge in [0.05, 0.1) is 35.4 Å². The number of carbonyl (C=O) groups is 1. The van der Waals surface area contributed by atoms with E-state index in [0.717, 1.165) is 29.1 Å². The summed E-state index contributed by atoms with van der Waals surface area (Å²) >= 11 is 0. The molecule has 1 N–H and O–H groups in total. The van der Waals surface area contributed by atoms with E-state index in [4.69, 9.17) is 4.74 Å². The average Bonchev–Trinajstić information content (AvgIpc) is 3.07. The molecule has 0 amide bonds. The van der Waals surface area contributed by atoms with E-state index in [-0.39, 0.29) is 0 Å². The minimum Gasteiger partial charge on any atom is -0.465 e. The van der Waals surface area contributed by atoms with Crippen LogP contribution in [0.4, 0.5) is 11.5 Å². The van der Waals surface area contributed by atoms with Gasteiger partial charge in [-0.3, -0.25) is 4.98 Å². The molecule has 2 heterocycles. The van der Waals surface area contributed by atoms with E-state index in [1.807, 2.05) is 45.9 Å². The van der Waals surface area contributed by atoms with Crippen molar-refractivity contribution in [2.75, 3.05) is 12.4 Å². The molecule has 0 saturated heterocycles. The highest BCUT2D eigenvalue weighted by molar-refractivity contribution is 5.96. The van der Waals surface area contributed by atoms with E-state index >= 15 is 0 Å². The normalized spacial score (nSPS) is 10.7. The van der Waals surface area contributed by atoms with Gasteiger partial charge in [-0.15, -0.1) is 0 Å². The Kier molecular flexibility index (Phi) is 5.21. The first-order valence-electron chi connectivity index (χ1n) is 8.78. The molecule has 0 radical (unpaired) electrons. The number of benzene rings is 1. The van der Waals surface area contributed by atoms with Crippen LogP contribution in [0.5, 0.6) is 0 Å². The van der Waals surface area contributed by atoms with Crippen molar-refractivity contribution in [1.29, 1.82) is 0 Å². The molecule has 0 bridgehead atoms. The monoisotopic (exact) mass is 365 g/mol. The molecule has 7 nitrogen and oxygen atoms in total. The highest BCUT2D eigenvalue weighted by Gasteiger charge is 2.17. The van der Waals surface area contributed by atoms with Crippen LogP contribution in [0.3, 0.4) is 0 Å². The summed E-state index contributed by atoms with van der Waals surface area (Å²) in [6.45, 7) is 7.76. The minimum atomic E-state index is -0.394. The fourth-order valence-corrected chi connectivity index (χ4v) is 2.76. The smallest absolute Gasteiger partial charge is 0.339 e. The molecule has 27 heavy (non-hydrogen) atoms. The average molecular weight is 365 g/mol. The molecule has 3 aromatic rings. The first-order chi connectivity index (χ1) is 12.9. The lowest BCUT2D eigenvalue weighted by atomic mass is 10.1. The lowest BCUT2D eigenvalue weighted by Crippen LogP contribution is -2.11. The zero-order chi connectivity index (χ0) is 19.6.